The zero-order chi connectivity index (χ0) is 12.8. The van der Waals surface area contributed by atoms with Crippen molar-refractivity contribution in [2.45, 2.75) is 68.8 Å². The van der Waals surface area contributed by atoms with E-state index in [1.165, 1.54) is 25.7 Å². The van der Waals surface area contributed by atoms with E-state index in [1.54, 1.807) is 0 Å². The molecule has 2 fully saturated rings. The highest BCUT2D eigenvalue weighted by Crippen LogP contribution is 2.27. The van der Waals surface area contributed by atoms with Gasteiger partial charge in [0.05, 0.1) is 6.10 Å². The molecule has 0 radical (unpaired) electrons. The first-order valence-corrected chi connectivity index (χ1v) is 8.50. The van der Waals surface area contributed by atoms with E-state index in [0.717, 1.165) is 30.9 Å². The van der Waals surface area contributed by atoms with Gasteiger partial charge in [-0.05, 0) is 38.4 Å². The Bertz CT molecular complexity index is 267. The molecule has 0 aromatic rings. The maximum Gasteiger partial charge on any atom is 0.246 e. The van der Waals surface area contributed by atoms with Crippen molar-refractivity contribution in [1.82, 2.24) is 5.32 Å². The van der Waals surface area contributed by atoms with Crippen molar-refractivity contribution in [3.63, 3.8) is 0 Å². The summed E-state index contributed by atoms with van der Waals surface area (Å²) in [6, 6.07) is 0.371. The molecule has 18 heavy (non-hydrogen) atoms. The maximum atomic E-state index is 11.8. The summed E-state index contributed by atoms with van der Waals surface area (Å²) in [5.41, 5.74) is 0. The first-order valence-electron chi connectivity index (χ1n) is 7.21. The lowest BCUT2D eigenvalue weighted by Gasteiger charge is -2.28. The van der Waals surface area contributed by atoms with Gasteiger partial charge < -0.3 is 10.1 Å². The molecule has 0 saturated heterocycles. The van der Waals surface area contributed by atoms with Crippen LogP contribution in [-0.2, 0) is 9.53 Å². The van der Waals surface area contributed by atoms with Crippen LogP contribution in [0.2, 0.25) is 0 Å². The van der Waals surface area contributed by atoms with Crippen molar-refractivity contribution < 1.29 is 9.53 Å². The Kier molecular flexibility index (Phi) is 5.83. The van der Waals surface area contributed by atoms with Crippen LogP contribution in [0.4, 0.5) is 0 Å². The molecule has 0 aromatic carbocycles. The standard InChI is InChI=1S/C14H25NO2S/c1-18-13-8-4-5-11(9-13)15-14(16)10-17-12-6-2-3-7-12/h11-13H,2-10H2,1H3,(H,15,16)/t11-,13+/m1/s1. The molecule has 2 aliphatic rings. The molecular weight excluding hydrogens is 246 g/mol. The molecule has 104 valence electrons. The Morgan fingerprint density at radius 2 is 2.00 bits per heavy atom. The van der Waals surface area contributed by atoms with Gasteiger partial charge in [-0.3, -0.25) is 4.79 Å². The first-order chi connectivity index (χ1) is 8.78. The van der Waals surface area contributed by atoms with Gasteiger partial charge in [0, 0.05) is 11.3 Å². The van der Waals surface area contributed by atoms with Gasteiger partial charge in [0.25, 0.3) is 0 Å². The zero-order valence-electron chi connectivity index (χ0n) is 11.3. The van der Waals surface area contributed by atoms with Gasteiger partial charge in [0.15, 0.2) is 0 Å². The Labute approximate surface area is 114 Å². The van der Waals surface area contributed by atoms with Crippen LogP contribution in [-0.4, -0.2) is 36.2 Å². The van der Waals surface area contributed by atoms with Crippen LogP contribution in [0.1, 0.15) is 51.4 Å². The number of amides is 1. The molecular formula is C14H25NO2S. The lowest BCUT2D eigenvalue weighted by molar-refractivity contribution is -0.128. The molecule has 2 saturated carbocycles. The number of carbonyl (C=O) groups excluding carboxylic acids is 1. The molecule has 0 aromatic heterocycles. The summed E-state index contributed by atoms with van der Waals surface area (Å²) >= 11 is 1.93. The number of nitrogens with one attached hydrogen (secondary N) is 1. The van der Waals surface area contributed by atoms with E-state index in [1.807, 2.05) is 11.8 Å². The molecule has 3 nitrogen and oxygen atoms in total. The molecule has 1 N–H and O–H groups in total. The number of rotatable bonds is 5. The SMILES string of the molecule is CS[C@H]1CCC[C@@H](NC(=O)COC2CCCC2)C1. The molecule has 1 amide bonds. The maximum absolute atomic E-state index is 11.8. The normalized spacial score (nSPS) is 29.4. The Balaban J connectivity index is 1.63. The smallest absolute Gasteiger partial charge is 0.246 e. The molecule has 2 rings (SSSR count). The predicted molar refractivity (Wildman–Crippen MR) is 75.9 cm³/mol. The van der Waals surface area contributed by atoms with Gasteiger partial charge in [-0.1, -0.05) is 19.3 Å². The summed E-state index contributed by atoms with van der Waals surface area (Å²) in [6.07, 6.45) is 12.1. The molecule has 2 atom stereocenters. The Hall–Kier alpha value is -0.220. The van der Waals surface area contributed by atoms with Crippen LogP contribution < -0.4 is 5.32 Å². The fourth-order valence-electron chi connectivity index (χ4n) is 3.01. The van der Waals surface area contributed by atoms with Crippen molar-refractivity contribution >= 4 is 17.7 Å². The van der Waals surface area contributed by atoms with Gasteiger partial charge in [-0.25, -0.2) is 0 Å². The lowest BCUT2D eigenvalue weighted by Crippen LogP contribution is -2.41. The van der Waals surface area contributed by atoms with E-state index in [-0.39, 0.29) is 12.5 Å². The average molecular weight is 271 g/mol. The lowest BCUT2D eigenvalue weighted by atomic mass is 9.95. The second kappa shape index (κ2) is 7.39. The summed E-state index contributed by atoms with van der Waals surface area (Å²) in [6.45, 7) is 0.255. The van der Waals surface area contributed by atoms with Crippen molar-refractivity contribution in [3.8, 4) is 0 Å². The van der Waals surface area contributed by atoms with Gasteiger partial charge in [-0.2, -0.15) is 11.8 Å². The predicted octanol–water partition coefficient (Wildman–Crippen LogP) is 2.74. The third-order valence-electron chi connectivity index (χ3n) is 4.08. The minimum Gasteiger partial charge on any atom is -0.368 e. The monoisotopic (exact) mass is 271 g/mol. The summed E-state index contributed by atoms with van der Waals surface area (Å²) in [5, 5.41) is 3.85. The molecule has 0 spiro atoms. The van der Waals surface area contributed by atoms with Gasteiger partial charge in [-0.15, -0.1) is 0 Å². The highest BCUT2D eigenvalue weighted by atomic mass is 32.2. The van der Waals surface area contributed by atoms with Gasteiger partial charge in [0.1, 0.15) is 6.61 Å². The van der Waals surface area contributed by atoms with Gasteiger partial charge in [0.2, 0.25) is 5.91 Å². The number of ether oxygens (including phenoxy) is 1. The summed E-state index contributed by atoms with van der Waals surface area (Å²) in [4.78, 5) is 11.8. The van der Waals surface area contributed by atoms with E-state index in [2.05, 4.69) is 11.6 Å². The van der Waals surface area contributed by atoms with Crippen LogP contribution in [0.5, 0.6) is 0 Å². The summed E-state index contributed by atoms with van der Waals surface area (Å²) in [7, 11) is 0. The van der Waals surface area contributed by atoms with Crippen LogP contribution in [0.3, 0.4) is 0 Å². The largest absolute Gasteiger partial charge is 0.368 e. The first kappa shape index (κ1) is 14.2. The van der Waals surface area contributed by atoms with E-state index >= 15 is 0 Å². The minimum absolute atomic E-state index is 0.0775. The van der Waals surface area contributed by atoms with Gasteiger partial charge >= 0.3 is 0 Å². The average Bonchev–Trinajstić information content (AvgIpc) is 2.90. The third-order valence-corrected chi connectivity index (χ3v) is 5.17. The van der Waals surface area contributed by atoms with Crippen LogP contribution >= 0.6 is 11.8 Å². The van der Waals surface area contributed by atoms with E-state index in [4.69, 9.17) is 4.74 Å². The van der Waals surface area contributed by atoms with Crippen LogP contribution in [0.25, 0.3) is 0 Å². The van der Waals surface area contributed by atoms with Crippen LogP contribution in [0.15, 0.2) is 0 Å². The molecule has 0 heterocycles. The molecule has 2 aliphatic carbocycles. The fraction of sp³-hybridized carbons (Fsp3) is 0.929. The number of hydrogen-bond acceptors (Lipinski definition) is 3. The zero-order valence-corrected chi connectivity index (χ0v) is 12.1. The van der Waals surface area contributed by atoms with Crippen molar-refractivity contribution in [1.29, 1.82) is 0 Å². The van der Waals surface area contributed by atoms with Crippen molar-refractivity contribution in [2.24, 2.45) is 0 Å². The fourth-order valence-corrected chi connectivity index (χ4v) is 3.84. The Morgan fingerprint density at radius 1 is 1.22 bits per heavy atom. The van der Waals surface area contributed by atoms with E-state index < -0.39 is 0 Å². The number of hydrogen-bond donors (Lipinski definition) is 1. The Morgan fingerprint density at radius 3 is 2.72 bits per heavy atom. The highest BCUT2D eigenvalue weighted by Gasteiger charge is 2.23. The van der Waals surface area contributed by atoms with Crippen molar-refractivity contribution in [2.75, 3.05) is 12.9 Å². The molecule has 4 heteroatoms. The summed E-state index contributed by atoms with van der Waals surface area (Å²) < 4.78 is 5.64. The van der Waals surface area contributed by atoms with E-state index in [9.17, 15) is 4.79 Å². The highest BCUT2D eigenvalue weighted by molar-refractivity contribution is 7.99. The molecule has 0 unspecified atom stereocenters. The van der Waals surface area contributed by atoms with Crippen molar-refractivity contribution in [3.05, 3.63) is 0 Å². The third kappa shape index (κ3) is 4.47. The molecule has 0 bridgehead atoms. The quantitative estimate of drug-likeness (QED) is 0.835. The topological polar surface area (TPSA) is 38.3 Å². The second-order valence-electron chi connectivity index (χ2n) is 5.51. The van der Waals surface area contributed by atoms with Crippen LogP contribution in [0, 0.1) is 0 Å². The van der Waals surface area contributed by atoms with E-state index in [0.29, 0.717) is 12.1 Å². The number of thioether (sulfide) groups is 1. The summed E-state index contributed by atoms with van der Waals surface area (Å²) in [5.74, 6) is 0.0775. The minimum atomic E-state index is 0.0775. The second-order valence-corrected chi connectivity index (χ2v) is 6.64. The number of carbonyl (C=O) groups is 1. The molecule has 0 aliphatic heterocycles.